The molecule has 1 aromatic rings. The molecule has 1 fully saturated rings. The molecule has 1 aliphatic rings. The van der Waals surface area contributed by atoms with E-state index in [1.165, 1.54) is 23.1 Å². The van der Waals surface area contributed by atoms with E-state index in [0.717, 1.165) is 24.0 Å². The molecule has 1 aromatic heterocycles. The van der Waals surface area contributed by atoms with Crippen LogP contribution in [0.15, 0.2) is 4.34 Å². The van der Waals surface area contributed by atoms with Crippen molar-refractivity contribution in [3.05, 3.63) is 0 Å². The lowest BCUT2D eigenvalue weighted by Crippen LogP contribution is -2.36. The molecule has 0 radical (unpaired) electrons. The Bertz CT molecular complexity index is 442. The van der Waals surface area contributed by atoms with E-state index >= 15 is 0 Å². The number of thioether (sulfide) groups is 1. The molecule has 0 saturated carbocycles. The number of aromatic nitrogens is 2. The third kappa shape index (κ3) is 5.23. The Labute approximate surface area is 126 Å². The first-order valence-corrected chi connectivity index (χ1v) is 8.18. The number of carbonyl (C=O) groups is 1. The summed E-state index contributed by atoms with van der Waals surface area (Å²) in [6.45, 7) is 3.99. The minimum Gasteiger partial charge on any atom is -0.380 e. The Morgan fingerprint density at radius 3 is 3.25 bits per heavy atom. The van der Waals surface area contributed by atoms with Crippen LogP contribution in [0, 0.1) is 5.92 Å². The molecule has 1 amide bonds. The molecule has 9 heteroatoms. The van der Waals surface area contributed by atoms with Gasteiger partial charge in [0.25, 0.3) is 0 Å². The Morgan fingerprint density at radius 2 is 2.50 bits per heavy atom. The average Bonchev–Trinajstić information content (AvgIpc) is 2.72. The Morgan fingerprint density at radius 1 is 1.65 bits per heavy atom. The summed E-state index contributed by atoms with van der Waals surface area (Å²) in [5.41, 5.74) is 5.48. The van der Waals surface area contributed by atoms with Crippen LogP contribution >= 0.6 is 23.1 Å². The average molecular weight is 317 g/mol. The van der Waals surface area contributed by atoms with E-state index in [0.29, 0.717) is 30.0 Å². The molecule has 2 heterocycles. The maximum absolute atomic E-state index is 11.8. The monoisotopic (exact) mass is 317 g/mol. The van der Waals surface area contributed by atoms with Crippen LogP contribution in [0.25, 0.3) is 0 Å². The summed E-state index contributed by atoms with van der Waals surface area (Å²) >= 11 is 2.64. The van der Waals surface area contributed by atoms with Crippen LogP contribution < -0.4 is 11.1 Å². The van der Waals surface area contributed by atoms with Crippen LogP contribution in [0.2, 0.25) is 0 Å². The molecule has 1 atom stereocenters. The number of hydrogen-bond donors (Lipinski definition) is 2. The predicted molar refractivity (Wildman–Crippen MR) is 79.9 cm³/mol. The number of likely N-dealkylation sites (N-methyl/N-ethyl adjacent to an activating group) is 1. The van der Waals surface area contributed by atoms with Crippen molar-refractivity contribution in [2.45, 2.75) is 4.34 Å². The van der Waals surface area contributed by atoms with Gasteiger partial charge in [0.05, 0.1) is 19.0 Å². The van der Waals surface area contributed by atoms with Gasteiger partial charge in [0, 0.05) is 25.6 Å². The fraction of sp³-hybridized carbons (Fsp3) is 0.727. The molecular weight excluding hydrogens is 298 g/mol. The summed E-state index contributed by atoms with van der Waals surface area (Å²) in [7, 11) is 2.07. The summed E-state index contributed by atoms with van der Waals surface area (Å²) < 4.78 is 6.23. The fourth-order valence-electron chi connectivity index (χ4n) is 1.89. The van der Waals surface area contributed by atoms with Crippen molar-refractivity contribution in [1.29, 1.82) is 0 Å². The largest absolute Gasteiger partial charge is 0.380 e. The molecule has 0 unspecified atom stereocenters. The van der Waals surface area contributed by atoms with Gasteiger partial charge >= 0.3 is 0 Å². The molecule has 0 spiro atoms. The lowest BCUT2D eigenvalue weighted by Gasteiger charge is -2.19. The van der Waals surface area contributed by atoms with Crippen molar-refractivity contribution >= 4 is 34.1 Å². The molecule has 20 heavy (non-hydrogen) atoms. The van der Waals surface area contributed by atoms with E-state index in [1.807, 2.05) is 0 Å². The number of anilines is 1. The molecule has 1 saturated heterocycles. The van der Waals surface area contributed by atoms with E-state index in [1.54, 1.807) is 0 Å². The summed E-state index contributed by atoms with van der Waals surface area (Å²) in [6, 6.07) is 0. The zero-order valence-corrected chi connectivity index (χ0v) is 13.0. The maximum Gasteiger partial charge on any atom is 0.230 e. The Kier molecular flexibility index (Phi) is 6.02. The molecule has 0 bridgehead atoms. The van der Waals surface area contributed by atoms with Crippen molar-refractivity contribution in [3.8, 4) is 0 Å². The van der Waals surface area contributed by atoms with E-state index in [2.05, 4.69) is 27.5 Å². The molecular formula is C11H19N5O2S2. The summed E-state index contributed by atoms with van der Waals surface area (Å²) in [6.07, 6.45) is 0. The number of nitrogens with one attached hydrogen (secondary N) is 1. The lowest BCUT2D eigenvalue weighted by atomic mass is 10.1. The topological polar surface area (TPSA) is 93.4 Å². The highest BCUT2D eigenvalue weighted by atomic mass is 32.2. The lowest BCUT2D eigenvalue weighted by molar-refractivity contribution is -0.118. The number of nitrogens with zero attached hydrogens (tertiary/aromatic N) is 3. The SMILES string of the molecule is CN1CCOC[C@H](CNC(=O)CSc2nnc(N)s2)C1. The fourth-order valence-corrected chi connectivity index (χ4v) is 3.36. The summed E-state index contributed by atoms with van der Waals surface area (Å²) in [5.74, 6) is 0.669. The van der Waals surface area contributed by atoms with Gasteiger partial charge in [-0.05, 0) is 7.05 Å². The van der Waals surface area contributed by atoms with Crippen molar-refractivity contribution in [1.82, 2.24) is 20.4 Å². The third-order valence-corrected chi connectivity index (χ3v) is 4.76. The number of rotatable bonds is 5. The van der Waals surface area contributed by atoms with Crippen molar-refractivity contribution in [3.63, 3.8) is 0 Å². The molecule has 3 N–H and O–H groups in total. The van der Waals surface area contributed by atoms with Crippen molar-refractivity contribution in [2.24, 2.45) is 5.92 Å². The second-order valence-electron chi connectivity index (χ2n) is 4.70. The number of ether oxygens (including phenoxy) is 1. The van der Waals surface area contributed by atoms with Crippen LogP contribution in [0.1, 0.15) is 0 Å². The van der Waals surface area contributed by atoms with Gasteiger partial charge in [-0.1, -0.05) is 23.1 Å². The van der Waals surface area contributed by atoms with Gasteiger partial charge in [0.2, 0.25) is 11.0 Å². The molecule has 7 nitrogen and oxygen atoms in total. The quantitative estimate of drug-likeness (QED) is 0.733. The second-order valence-corrected chi connectivity index (χ2v) is 6.93. The van der Waals surface area contributed by atoms with Crippen molar-refractivity contribution in [2.75, 3.05) is 51.4 Å². The number of carbonyl (C=O) groups excluding carboxylic acids is 1. The second kappa shape index (κ2) is 7.77. The van der Waals surface area contributed by atoms with Crippen LogP contribution in [0.5, 0.6) is 0 Å². The number of nitrogen functional groups attached to an aromatic ring is 1. The first kappa shape index (κ1) is 15.5. The van der Waals surface area contributed by atoms with E-state index in [4.69, 9.17) is 10.5 Å². The highest BCUT2D eigenvalue weighted by Gasteiger charge is 2.17. The Hall–Kier alpha value is -0.900. The van der Waals surface area contributed by atoms with Crippen LogP contribution in [0.4, 0.5) is 5.13 Å². The van der Waals surface area contributed by atoms with Gasteiger partial charge in [-0.3, -0.25) is 4.79 Å². The predicted octanol–water partition coefficient (Wildman–Crippen LogP) is -0.0932. The molecule has 0 aliphatic carbocycles. The number of nitrogens with two attached hydrogens (primary N) is 1. The van der Waals surface area contributed by atoms with Crippen molar-refractivity contribution < 1.29 is 9.53 Å². The van der Waals surface area contributed by atoms with E-state index in [-0.39, 0.29) is 5.91 Å². The smallest absolute Gasteiger partial charge is 0.230 e. The Balaban J connectivity index is 1.66. The van der Waals surface area contributed by atoms with Gasteiger partial charge in [0.1, 0.15) is 0 Å². The molecule has 1 aliphatic heterocycles. The minimum absolute atomic E-state index is 0.00401. The van der Waals surface area contributed by atoms with Crippen LogP contribution in [-0.4, -0.2) is 66.7 Å². The zero-order chi connectivity index (χ0) is 14.4. The van der Waals surface area contributed by atoms with Crippen LogP contribution in [0.3, 0.4) is 0 Å². The maximum atomic E-state index is 11.8. The van der Waals surface area contributed by atoms with Gasteiger partial charge < -0.3 is 20.7 Å². The normalized spacial score (nSPS) is 20.6. The highest BCUT2D eigenvalue weighted by molar-refractivity contribution is 8.01. The van der Waals surface area contributed by atoms with Gasteiger partial charge in [-0.25, -0.2) is 0 Å². The molecule has 0 aromatic carbocycles. The standard InChI is InChI=1S/C11H19N5O2S2/c1-16-2-3-18-6-8(5-16)4-13-9(17)7-19-11-15-14-10(12)20-11/h8H,2-7H2,1H3,(H2,12,14)(H,13,17)/t8-/m1/s1. The number of amides is 1. The summed E-state index contributed by atoms with van der Waals surface area (Å²) in [5, 5.41) is 10.9. The van der Waals surface area contributed by atoms with E-state index < -0.39 is 0 Å². The minimum atomic E-state index is -0.00401. The van der Waals surface area contributed by atoms with Gasteiger partial charge in [-0.15, -0.1) is 10.2 Å². The summed E-state index contributed by atoms with van der Waals surface area (Å²) in [4.78, 5) is 14.0. The first-order chi connectivity index (χ1) is 9.63. The zero-order valence-electron chi connectivity index (χ0n) is 11.4. The molecule has 2 rings (SSSR count). The number of hydrogen-bond acceptors (Lipinski definition) is 8. The molecule has 112 valence electrons. The van der Waals surface area contributed by atoms with E-state index in [9.17, 15) is 4.79 Å². The van der Waals surface area contributed by atoms with Gasteiger partial charge in [-0.2, -0.15) is 0 Å². The first-order valence-electron chi connectivity index (χ1n) is 6.38. The highest BCUT2D eigenvalue weighted by Crippen LogP contribution is 2.22. The third-order valence-electron chi connectivity index (χ3n) is 2.88. The van der Waals surface area contributed by atoms with Gasteiger partial charge in [0.15, 0.2) is 4.34 Å². The van der Waals surface area contributed by atoms with Crippen LogP contribution in [-0.2, 0) is 9.53 Å².